The van der Waals surface area contributed by atoms with Gasteiger partial charge in [-0.2, -0.15) is 5.10 Å². The van der Waals surface area contributed by atoms with Gasteiger partial charge in [0.05, 0.1) is 23.7 Å². The Morgan fingerprint density at radius 3 is 2.69 bits per heavy atom. The minimum atomic E-state index is -0.658. The molecule has 1 aromatic carbocycles. The third-order valence-electron chi connectivity index (χ3n) is 5.29. The zero-order chi connectivity index (χ0) is 24.9. The highest BCUT2D eigenvalue weighted by Crippen LogP contribution is 2.16. The Morgan fingerprint density at radius 2 is 1.97 bits per heavy atom. The van der Waals surface area contributed by atoms with E-state index >= 15 is 0 Å². The molecule has 0 aliphatic rings. The van der Waals surface area contributed by atoms with Gasteiger partial charge in [-0.15, -0.1) is 0 Å². The molecule has 0 aliphatic carbocycles. The first kappa shape index (κ1) is 24.0. The van der Waals surface area contributed by atoms with Crippen molar-refractivity contribution in [1.82, 2.24) is 24.6 Å². The Labute approximate surface area is 203 Å². The van der Waals surface area contributed by atoms with Crippen LogP contribution in [0.4, 0.5) is 5.82 Å². The van der Waals surface area contributed by atoms with E-state index in [2.05, 4.69) is 20.8 Å². The molecule has 11 nitrogen and oxygen atoms in total. The Bertz CT molecular complexity index is 1480. The van der Waals surface area contributed by atoms with Crippen molar-refractivity contribution < 1.29 is 14.0 Å². The van der Waals surface area contributed by atoms with Gasteiger partial charge in [-0.25, -0.2) is 4.79 Å². The van der Waals surface area contributed by atoms with Crippen molar-refractivity contribution in [2.75, 3.05) is 5.32 Å². The summed E-state index contributed by atoms with van der Waals surface area (Å²) >= 11 is 6.09. The van der Waals surface area contributed by atoms with E-state index in [0.29, 0.717) is 16.6 Å². The molecule has 2 amide bonds. The molecule has 0 saturated heterocycles. The van der Waals surface area contributed by atoms with E-state index in [9.17, 15) is 19.2 Å². The molecule has 182 valence electrons. The average molecular weight is 499 g/mol. The second kappa shape index (κ2) is 10.4. The molecular weight excluding hydrogens is 476 g/mol. The van der Waals surface area contributed by atoms with Crippen LogP contribution in [-0.2, 0) is 29.2 Å². The number of amides is 2. The van der Waals surface area contributed by atoms with E-state index in [4.69, 9.17) is 16.0 Å². The third kappa shape index (κ3) is 5.69. The number of rotatable bonds is 9. The van der Waals surface area contributed by atoms with Crippen LogP contribution >= 0.6 is 11.6 Å². The second-order valence-electron chi connectivity index (χ2n) is 7.93. The van der Waals surface area contributed by atoms with Gasteiger partial charge in [0.1, 0.15) is 12.3 Å². The number of H-pyrrole nitrogens is 1. The van der Waals surface area contributed by atoms with Gasteiger partial charge in [-0.3, -0.25) is 28.6 Å². The Hall–Kier alpha value is -4.12. The smallest absolute Gasteiger partial charge is 0.331 e. The van der Waals surface area contributed by atoms with Gasteiger partial charge >= 0.3 is 5.69 Å². The van der Waals surface area contributed by atoms with Gasteiger partial charge < -0.3 is 15.1 Å². The van der Waals surface area contributed by atoms with Crippen LogP contribution < -0.4 is 21.9 Å². The van der Waals surface area contributed by atoms with Gasteiger partial charge in [0.2, 0.25) is 11.8 Å². The molecule has 0 bridgehead atoms. The molecule has 4 rings (SSSR count). The van der Waals surface area contributed by atoms with Crippen LogP contribution in [0.2, 0.25) is 5.02 Å². The fourth-order valence-electron chi connectivity index (χ4n) is 3.64. The summed E-state index contributed by atoms with van der Waals surface area (Å²) in [6.07, 6.45) is 1.85. The number of nitrogens with one attached hydrogen (secondary N) is 3. The number of anilines is 1. The maximum absolute atomic E-state index is 13.2. The lowest BCUT2D eigenvalue weighted by atomic mass is 10.2. The van der Waals surface area contributed by atoms with Crippen LogP contribution in [0.1, 0.15) is 24.3 Å². The van der Waals surface area contributed by atoms with Crippen LogP contribution in [-0.4, -0.2) is 31.1 Å². The number of carbonyl (C=O) groups is 2. The summed E-state index contributed by atoms with van der Waals surface area (Å²) in [5.41, 5.74) is -0.151. The molecule has 3 heterocycles. The van der Waals surface area contributed by atoms with Crippen molar-refractivity contribution in [3.05, 3.63) is 80.0 Å². The summed E-state index contributed by atoms with van der Waals surface area (Å²) in [7, 11) is 0. The number of aryl methyl sites for hydroxylation is 1. The van der Waals surface area contributed by atoms with Crippen LogP contribution in [0.5, 0.6) is 0 Å². The van der Waals surface area contributed by atoms with Crippen LogP contribution in [0, 0.1) is 6.92 Å². The highest BCUT2D eigenvalue weighted by molar-refractivity contribution is 6.31. The fourth-order valence-corrected chi connectivity index (χ4v) is 3.81. The van der Waals surface area contributed by atoms with Gasteiger partial charge in [0.25, 0.3) is 5.56 Å². The molecule has 0 spiro atoms. The summed E-state index contributed by atoms with van der Waals surface area (Å²) in [6, 6.07) is 9.64. The number of furan rings is 1. The number of nitrogens with zero attached hydrogens (tertiary/aromatic N) is 3. The number of aromatic amines is 1. The molecule has 0 unspecified atom stereocenters. The molecule has 12 heteroatoms. The Morgan fingerprint density at radius 1 is 1.14 bits per heavy atom. The second-order valence-corrected chi connectivity index (χ2v) is 8.37. The van der Waals surface area contributed by atoms with E-state index in [1.165, 1.54) is 23.0 Å². The van der Waals surface area contributed by atoms with E-state index in [1.807, 2.05) is 0 Å². The largest absolute Gasteiger partial charge is 0.467 e. The summed E-state index contributed by atoms with van der Waals surface area (Å²) < 4.78 is 7.40. The Kier molecular flexibility index (Phi) is 7.16. The highest BCUT2D eigenvalue weighted by Gasteiger charge is 2.17. The number of benzene rings is 1. The lowest BCUT2D eigenvalue weighted by molar-refractivity contribution is -0.121. The molecule has 3 N–H and O–H groups in total. The summed E-state index contributed by atoms with van der Waals surface area (Å²) in [5.74, 6) is 0.207. The molecule has 4 aromatic rings. The number of halogens is 1. The summed E-state index contributed by atoms with van der Waals surface area (Å²) in [6.45, 7) is 1.69. The number of hydrogen-bond donors (Lipinski definition) is 3. The van der Waals surface area contributed by atoms with Crippen molar-refractivity contribution in [2.24, 2.45) is 0 Å². The van der Waals surface area contributed by atoms with Crippen molar-refractivity contribution in [3.63, 3.8) is 0 Å². The van der Waals surface area contributed by atoms with Gasteiger partial charge in [-0.05, 0) is 43.7 Å². The van der Waals surface area contributed by atoms with Crippen molar-refractivity contribution >= 4 is 40.1 Å². The maximum Gasteiger partial charge on any atom is 0.331 e. The predicted octanol–water partition coefficient (Wildman–Crippen LogP) is 2.18. The van der Waals surface area contributed by atoms with Crippen LogP contribution in [0.3, 0.4) is 0 Å². The molecule has 0 radical (unpaired) electrons. The molecule has 3 aromatic heterocycles. The first-order valence-corrected chi connectivity index (χ1v) is 11.2. The van der Waals surface area contributed by atoms with Gasteiger partial charge in [-0.1, -0.05) is 11.6 Å². The summed E-state index contributed by atoms with van der Waals surface area (Å²) in [5, 5.41) is 12.5. The van der Waals surface area contributed by atoms with Crippen molar-refractivity contribution in [3.8, 4) is 0 Å². The number of fused-ring (bicyclic) bond motifs is 1. The van der Waals surface area contributed by atoms with E-state index in [-0.39, 0.29) is 49.3 Å². The third-order valence-corrected chi connectivity index (χ3v) is 5.52. The van der Waals surface area contributed by atoms with Crippen molar-refractivity contribution in [2.45, 2.75) is 39.4 Å². The lowest BCUT2D eigenvalue weighted by Gasteiger charge is -2.14. The first-order valence-electron chi connectivity index (χ1n) is 10.9. The minimum absolute atomic E-state index is 0.00548. The molecule has 0 fully saturated rings. The molecular formula is C23H23ClN6O5. The standard InChI is InChI=1S/C23H23ClN6O5/c1-14-10-19(28-27-14)26-21(32)13-30-18-7-6-15(24)11-17(18)22(33)29(23(30)34)8-2-5-20(31)25-12-16-4-3-9-35-16/h3-4,6-7,9-11H,2,5,8,12-13H2,1H3,(H,25,31)(H2,26,27,28,32). The zero-order valence-corrected chi connectivity index (χ0v) is 19.6. The maximum atomic E-state index is 13.2. The Balaban J connectivity index is 1.53. The van der Waals surface area contributed by atoms with Crippen LogP contribution in [0.25, 0.3) is 10.9 Å². The van der Waals surface area contributed by atoms with E-state index in [1.54, 1.807) is 31.2 Å². The molecule has 0 atom stereocenters. The van der Waals surface area contributed by atoms with E-state index < -0.39 is 17.2 Å². The minimum Gasteiger partial charge on any atom is -0.467 e. The van der Waals surface area contributed by atoms with Gasteiger partial charge in [0, 0.05) is 29.7 Å². The highest BCUT2D eigenvalue weighted by atomic mass is 35.5. The number of hydrogen-bond acceptors (Lipinski definition) is 6. The zero-order valence-electron chi connectivity index (χ0n) is 18.8. The summed E-state index contributed by atoms with van der Waals surface area (Å²) in [4.78, 5) is 51.0. The van der Waals surface area contributed by atoms with Crippen LogP contribution in [0.15, 0.2) is 56.7 Å². The first-order chi connectivity index (χ1) is 16.8. The topological polar surface area (TPSA) is 144 Å². The number of aromatic nitrogens is 4. The normalized spacial score (nSPS) is 11.0. The predicted molar refractivity (Wildman–Crippen MR) is 129 cm³/mol. The van der Waals surface area contributed by atoms with E-state index in [0.717, 1.165) is 10.3 Å². The quantitative estimate of drug-likeness (QED) is 0.322. The average Bonchev–Trinajstić information content (AvgIpc) is 3.49. The van der Waals surface area contributed by atoms with Crippen molar-refractivity contribution in [1.29, 1.82) is 0 Å². The molecule has 0 saturated carbocycles. The fraction of sp³-hybridized carbons (Fsp3) is 0.261. The molecule has 0 aliphatic heterocycles. The molecule has 35 heavy (non-hydrogen) atoms. The number of carbonyl (C=O) groups excluding carboxylic acids is 2. The SMILES string of the molecule is Cc1cc(NC(=O)Cn2c(=O)n(CCCC(=O)NCc3ccco3)c(=O)c3cc(Cl)ccc32)n[nH]1. The van der Waals surface area contributed by atoms with Gasteiger partial charge in [0.15, 0.2) is 5.82 Å². The monoisotopic (exact) mass is 498 g/mol. The lowest BCUT2D eigenvalue weighted by Crippen LogP contribution is -2.42.